The van der Waals surface area contributed by atoms with Crippen molar-refractivity contribution in [1.82, 2.24) is 9.62 Å². The van der Waals surface area contributed by atoms with Crippen molar-refractivity contribution in [3.05, 3.63) is 29.6 Å². The first-order chi connectivity index (χ1) is 9.48. The molecule has 0 spiro atoms. The van der Waals surface area contributed by atoms with Crippen LogP contribution in [0.15, 0.2) is 23.1 Å². The van der Waals surface area contributed by atoms with Crippen LogP contribution in [0.1, 0.15) is 24.8 Å². The molecule has 2 aliphatic rings. The first kappa shape index (κ1) is 16.7. The van der Waals surface area contributed by atoms with Gasteiger partial charge in [-0.2, -0.15) is 4.31 Å². The lowest BCUT2D eigenvalue weighted by atomic mass is 10.1. The highest BCUT2D eigenvalue weighted by Gasteiger charge is 2.36. The second kappa shape index (κ2) is 6.20. The molecule has 118 valence electrons. The summed E-state index contributed by atoms with van der Waals surface area (Å²) in [5.74, 6) is -0.660. The minimum absolute atomic E-state index is 0. The van der Waals surface area contributed by atoms with E-state index in [0.717, 1.165) is 19.3 Å². The Hall–Kier alpha value is -0.690. The molecule has 0 radical (unpaired) electrons. The number of hydrogen-bond acceptors (Lipinski definition) is 3. The van der Waals surface area contributed by atoms with Crippen molar-refractivity contribution >= 4 is 22.4 Å². The Bertz CT molecular complexity index is 603. The molecule has 0 aliphatic carbocycles. The van der Waals surface area contributed by atoms with Crippen molar-refractivity contribution in [3.63, 3.8) is 0 Å². The molecule has 0 amide bonds. The predicted molar refractivity (Wildman–Crippen MR) is 81.7 cm³/mol. The molecule has 2 atom stereocenters. The van der Waals surface area contributed by atoms with Gasteiger partial charge in [0.2, 0.25) is 10.0 Å². The van der Waals surface area contributed by atoms with Crippen LogP contribution in [0, 0.1) is 12.7 Å². The fourth-order valence-electron chi connectivity index (χ4n) is 3.20. The number of nitrogens with zero attached hydrogens (tertiary/aromatic N) is 1. The van der Waals surface area contributed by atoms with E-state index in [0.29, 0.717) is 24.7 Å². The molecule has 0 aromatic heterocycles. The maximum Gasteiger partial charge on any atom is 0.246 e. The quantitative estimate of drug-likeness (QED) is 0.900. The molecule has 3 rings (SSSR count). The van der Waals surface area contributed by atoms with Crippen molar-refractivity contribution < 1.29 is 12.8 Å². The summed E-state index contributed by atoms with van der Waals surface area (Å²) in [7, 11) is -3.75. The molecule has 2 saturated heterocycles. The van der Waals surface area contributed by atoms with E-state index in [1.807, 2.05) is 0 Å². The number of fused-ring (bicyclic) bond motifs is 2. The molecule has 0 saturated carbocycles. The summed E-state index contributed by atoms with van der Waals surface area (Å²) in [4.78, 5) is -0.169. The maximum absolute atomic E-state index is 14.0. The van der Waals surface area contributed by atoms with Gasteiger partial charge in [-0.3, -0.25) is 0 Å². The average molecular weight is 335 g/mol. The standard InChI is InChI=1S/C14H19FN2O2S.ClH/c1-10-3-2-4-13(15)14(10)20(18,19)17-8-7-11-5-6-12(9-17)16-11;/h2-4,11-12,16H,5-9H2,1H3;1H. The molecule has 4 nitrogen and oxygen atoms in total. The molecule has 2 heterocycles. The summed E-state index contributed by atoms with van der Waals surface area (Å²) in [5, 5.41) is 3.44. The number of halogens is 2. The van der Waals surface area contributed by atoms with Crippen molar-refractivity contribution in [2.24, 2.45) is 0 Å². The van der Waals surface area contributed by atoms with E-state index in [9.17, 15) is 12.8 Å². The summed E-state index contributed by atoms with van der Waals surface area (Å²) in [6.07, 6.45) is 2.90. The third kappa shape index (κ3) is 3.08. The molecule has 2 bridgehead atoms. The van der Waals surface area contributed by atoms with Crippen molar-refractivity contribution in [1.29, 1.82) is 0 Å². The van der Waals surface area contributed by atoms with E-state index in [1.54, 1.807) is 13.0 Å². The summed E-state index contributed by atoms with van der Waals surface area (Å²) < 4.78 is 40.8. The van der Waals surface area contributed by atoms with Crippen LogP contribution >= 0.6 is 12.4 Å². The zero-order valence-corrected chi connectivity index (χ0v) is 13.5. The first-order valence-electron chi connectivity index (χ1n) is 7.00. The Morgan fingerprint density at radius 3 is 2.67 bits per heavy atom. The van der Waals surface area contributed by atoms with Gasteiger partial charge in [-0.05, 0) is 37.8 Å². The summed E-state index contributed by atoms with van der Waals surface area (Å²) in [5.41, 5.74) is 0.465. The van der Waals surface area contributed by atoms with Crippen LogP contribution in [0.3, 0.4) is 0 Å². The van der Waals surface area contributed by atoms with Gasteiger partial charge in [-0.25, -0.2) is 12.8 Å². The molecular formula is C14H20ClFN2O2S. The molecule has 1 aromatic rings. The van der Waals surface area contributed by atoms with Gasteiger partial charge in [0.15, 0.2) is 0 Å². The minimum Gasteiger partial charge on any atom is -0.310 e. The molecule has 2 fully saturated rings. The number of hydrogen-bond donors (Lipinski definition) is 1. The van der Waals surface area contributed by atoms with Gasteiger partial charge in [0, 0.05) is 25.2 Å². The zero-order chi connectivity index (χ0) is 14.3. The highest BCUT2D eigenvalue weighted by molar-refractivity contribution is 7.89. The van der Waals surface area contributed by atoms with Crippen LogP contribution in [-0.4, -0.2) is 37.9 Å². The molecule has 2 unspecified atom stereocenters. The van der Waals surface area contributed by atoms with Crippen molar-refractivity contribution in [3.8, 4) is 0 Å². The monoisotopic (exact) mass is 334 g/mol. The van der Waals surface area contributed by atoms with E-state index in [1.165, 1.54) is 16.4 Å². The number of aryl methyl sites for hydroxylation is 1. The summed E-state index contributed by atoms with van der Waals surface area (Å²) in [6.45, 7) is 2.54. The van der Waals surface area contributed by atoms with Crippen LogP contribution in [0.25, 0.3) is 0 Å². The van der Waals surface area contributed by atoms with E-state index in [4.69, 9.17) is 0 Å². The fourth-order valence-corrected chi connectivity index (χ4v) is 4.97. The molecule has 1 aromatic carbocycles. The number of benzene rings is 1. The van der Waals surface area contributed by atoms with Gasteiger partial charge in [0.1, 0.15) is 10.7 Å². The Morgan fingerprint density at radius 2 is 1.95 bits per heavy atom. The van der Waals surface area contributed by atoms with Gasteiger partial charge >= 0.3 is 0 Å². The molecular weight excluding hydrogens is 315 g/mol. The SMILES string of the molecule is Cc1cccc(F)c1S(=O)(=O)N1CCC2CCC(C1)N2.Cl. The minimum atomic E-state index is -3.75. The van der Waals surface area contributed by atoms with Crippen molar-refractivity contribution in [2.45, 2.75) is 43.2 Å². The lowest BCUT2D eigenvalue weighted by molar-refractivity contribution is 0.380. The Morgan fingerprint density at radius 1 is 1.24 bits per heavy atom. The fraction of sp³-hybridized carbons (Fsp3) is 0.571. The molecule has 1 N–H and O–H groups in total. The van der Waals surface area contributed by atoms with Gasteiger partial charge < -0.3 is 5.32 Å². The molecule has 2 aliphatic heterocycles. The number of rotatable bonds is 2. The highest BCUT2D eigenvalue weighted by atomic mass is 35.5. The number of nitrogens with one attached hydrogen (secondary N) is 1. The van der Waals surface area contributed by atoms with Crippen LogP contribution < -0.4 is 5.32 Å². The average Bonchev–Trinajstić information content (AvgIpc) is 2.67. The van der Waals surface area contributed by atoms with E-state index in [-0.39, 0.29) is 23.3 Å². The largest absolute Gasteiger partial charge is 0.310 e. The van der Waals surface area contributed by atoms with Crippen LogP contribution in [0.5, 0.6) is 0 Å². The van der Waals surface area contributed by atoms with Crippen molar-refractivity contribution in [2.75, 3.05) is 13.1 Å². The van der Waals surface area contributed by atoms with Gasteiger partial charge in [0.05, 0.1) is 0 Å². The lowest BCUT2D eigenvalue weighted by Crippen LogP contribution is -2.39. The smallest absolute Gasteiger partial charge is 0.246 e. The van der Waals surface area contributed by atoms with Crippen LogP contribution in [0.2, 0.25) is 0 Å². The highest BCUT2D eigenvalue weighted by Crippen LogP contribution is 2.27. The van der Waals surface area contributed by atoms with E-state index < -0.39 is 15.8 Å². The van der Waals surface area contributed by atoms with Crippen LogP contribution in [-0.2, 0) is 10.0 Å². The van der Waals surface area contributed by atoms with Gasteiger partial charge in [-0.15, -0.1) is 12.4 Å². The zero-order valence-electron chi connectivity index (χ0n) is 11.9. The topological polar surface area (TPSA) is 49.4 Å². The summed E-state index contributed by atoms with van der Waals surface area (Å²) >= 11 is 0. The predicted octanol–water partition coefficient (Wildman–Crippen LogP) is 2.07. The van der Waals surface area contributed by atoms with Gasteiger partial charge in [-0.1, -0.05) is 12.1 Å². The van der Waals surface area contributed by atoms with Crippen LogP contribution in [0.4, 0.5) is 4.39 Å². The second-order valence-corrected chi connectivity index (χ2v) is 7.55. The summed E-state index contributed by atoms with van der Waals surface area (Å²) in [6, 6.07) is 4.99. The Labute approximate surface area is 131 Å². The Kier molecular flexibility index (Phi) is 4.92. The normalized spacial score (nSPS) is 26.2. The molecule has 7 heteroatoms. The van der Waals surface area contributed by atoms with E-state index in [2.05, 4.69) is 5.32 Å². The number of sulfonamides is 1. The third-order valence-electron chi connectivity index (χ3n) is 4.25. The third-order valence-corrected chi connectivity index (χ3v) is 6.29. The van der Waals surface area contributed by atoms with Gasteiger partial charge in [0.25, 0.3) is 0 Å². The first-order valence-corrected chi connectivity index (χ1v) is 8.44. The van der Waals surface area contributed by atoms with E-state index >= 15 is 0 Å². The lowest BCUT2D eigenvalue weighted by Gasteiger charge is -2.24. The maximum atomic E-state index is 14.0. The molecule has 21 heavy (non-hydrogen) atoms. The second-order valence-electron chi connectivity index (χ2n) is 5.68. The Balaban J connectivity index is 0.00000161.